The summed E-state index contributed by atoms with van der Waals surface area (Å²) in [5.74, 6) is -0.429. The number of amides is 1. The van der Waals surface area contributed by atoms with E-state index in [4.69, 9.17) is 11.5 Å². The summed E-state index contributed by atoms with van der Waals surface area (Å²) in [7, 11) is 0. The molecule has 3 heteroatoms. The highest BCUT2D eigenvalue weighted by atomic mass is 16.1. The fraction of sp³-hybridized carbons (Fsp3) is 0.0833. The Morgan fingerprint density at radius 2 is 1.87 bits per heavy atom. The number of rotatable bonds is 2. The SMILES string of the molecule is NCc1c(C(N)=O)ccc2ccccc12. The molecule has 0 aliphatic heterocycles. The van der Waals surface area contributed by atoms with Crippen LogP contribution in [-0.4, -0.2) is 5.91 Å². The molecule has 2 rings (SSSR count). The molecular weight excluding hydrogens is 188 g/mol. The van der Waals surface area contributed by atoms with Crippen LogP contribution in [0.2, 0.25) is 0 Å². The molecule has 0 unspecified atom stereocenters. The number of nitrogens with two attached hydrogens (primary N) is 2. The predicted octanol–water partition coefficient (Wildman–Crippen LogP) is 1.40. The summed E-state index contributed by atoms with van der Waals surface area (Å²) in [6, 6.07) is 11.4. The van der Waals surface area contributed by atoms with Crippen molar-refractivity contribution < 1.29 is 4.79 Å². The molecule has 0 radical (unpaired) electrons. The summed E-state index contributed by atoms with van der Waals surface area (Å²) in [6.07, 6.45) is 0. The molecule has 0 heterocycles. The maximum Gasteiger partial charge on any atom is 0.249 e. The topological polar surface area (TPSA) is 69.1 Å². The average molecular weight is 200 g/mol. The number of carbonyl (C=O) groups excluding carboxylic acids is 1. The zero-order valence-corrected chi connectivity index (χ0v) is 8.23. The number of primary amides is 1. The van der Waals surface area contributed by atoms with Crippen LogP contribution in [0.5, 0.6) is 0 Å². The normalized spacial score (nSPS) is 10.5. The minimum absolute atomic E-state index is 0.319. The third-order valence-electron chi connectivity index (χ3n) is 2.51. The molecular formula is C12H12N2O. The second kappa shape index (κ2) is 3.71. The first kappa shape index (κ1) is 9.68. The molecule has 0 aliphatic carbocycles. The summed E-state index contributed by atoms with van der Waals surface area (Å²) in [4.78, 5) is 11.2. The van der Waals surface area contributed by atoms with Gasteiger partial charge in [0.1, 0.15) is 0 Å². The molecule has 3 nitrogen and oxygen atoms in total. The minimum atomic E-state index is -0.429. The summed E-state index contributed by atoms with van der Waals surface area (Å²) >= 11 is 0. The molecule has 4 N–H and O–H groups in total. The molecule has 15 heavy (non-hydrogen) atoms. The van der Waals surface area contributed by atoms with Gasteiger partial charge in [0.25, 0.3) is 0 Å². The lowest BCUT2D eigenvalue weighted by Gasteiger charge is -2.08. The Hall–Kier alpha value is -1.87. The van der Waals surface area contributed by atoms with E-state index >= 15 is 0 Å². The predicted molar refractivity (Wildman–Crippen MR) is 60.4 cm³/mol. The lowest BCUT2D eigenvalue weighted by atomic mass is 9.98. The van der Waals surface area contributed by atoms with Crippen molar-refractivity contribution in [1.29, 1.82) is 0 Å². The lowest BCUT2D eigenvalue weighted by Crippen LogP contribution is -2.15. The highest BCUT2D eigenvalue weighted by molar-refractivity contribution is 6.00. The zero-order chi connectivity index (χ0) is 10.8. The first-order valence-corrected chi connectivity index (χ1v) is 4.74. The Morgan fingerprint density at radius 1 is 1.13 bits per heavy atom. The van der Waals surface area contributed by atoms with Gasteiger partial charge in [0.05, 0.1) is 0 Å². The number of fused-ring (bicyclic) bond motifs is 1. The maximum absolute atomic E-state index is 11.2. The fourth-order valence-corrected chi connectivity index (χ4v) is 1.79. The summed E-state index contributed by atoms with van der Waals surface area (Å²) in [6.45, 7) is 0.319. The van der Waals surface area contributed by atoms with Crippen molar-refractivity contribution in [2.45, 2.75) is 6.54 Å². The van der Waals surface area contributed by atoms with Gasteiger partial charge in [-0.05, 0) is 22.4 Å². The van der Waals surface area contributed by atoms with Crippen LogP contribution < -0.4 is 11.5 Å². The number of hydrogen-bond acceptors (Lipinski definition) is 2. The monoisotopic (exact) mass is 200 g/mol. The van der Waals surface area contributed by atoms with Crippen molar-refractivity contribution >= 4 is 16.7 Å². The largest absolute Gasteiger partial charge is 0.366 e. The van der Waals surface area contributed by atoms with E-state index in [1.807, 2.05) is 30.3 Å². The Kier molecular flexibility index (Phi) is 2.39. The molecule has 0 aliphatic rings. The van der Waals surface area contributed by atoms with Crippen molar-refractivity contribution in [3.05, 3.63) is 47.5 Å². The van der Waals surface area contributed by atoms with Crippen molar-refractivity contribution in [3.63, 3.8) is 0 Å². The molecule has 1 amide bonds. The molecule has 0 saturated carbocycles. The van der Waals surface area contributed by atoms with E-state index in [9.17, 15) is 4.79 Å². The van der Waals surface area contributed by atoms with E-state index in [1.165, 1.54) is 0 Å². The minimum Gasteiger partial charge on any atom is -0.366 e. The second-order valence-corrected chi connectivity index (χ2v) is 3.38. The van der Waals surface area contributed by atoms with Crippen molar-refractivity contribution in [1.82, 2.24) is 0 Å². The highest BCUT2D eigenvalue weighted by Crippen LogP contribution is 2.21. The summed E-state index contributed by atoms with van der Waals surface area (Å²) < 4.78 is 0. The van der Waals surface area contributed by atoms with Gasteiger partial charge >= 0.3 is 0 Å². The van der Waals surface area contributed by atoms with Crippen molar-refractivity contribution in [2.75, 3.05) is 0 Å². The van der Waals surface area contributed by atoms with Gasteiger partial charge < -0.3 is 11.5 Å². The lowest BCUT2D eigenvalue weighted by molar-refractivity contribution is 0.0999. The average Bonchev–Trinajstić information content (AvgIpc) is 2.27. The fourth-order valence-electron chi connectivity index (χ4n) is 1.79. The van der Waals surface area contributed by atoms with E-state index in [-0.39, 0.29) is 0 Å². The number of benzene rings is 2. The van der Waals surface area contributed by atoms with Gasteiger partial charge in [-0.25, -0.2) is 0 Å². The van der Waals surface area contributed by atoms with E-state index in [2.05, 4.69) is 0 Å². The van der Waals surface area contributed by atoms with Crippen LogP contribution in [0, 0.1) is 0 Å². The van der Waals surface area contributed by atoms with Gasteiger partial charge in [-0.3, -0.25) is 4.79 Å². The molecule has 0 aromatic heterocycles. The Labute approximate surface area is 87.7 Å². The van der Waals surface area contributed by atoms with Crippen molar-refractivity contribution in [3.8, 4) is 0 Å². The molecule has 0 bridgehead atoms. The molecule has 0 spiro atoms. The quantitative estimate of drug-likeness (QED) is 0.769. The highest BCUT2D eigenvalue weighted by Gasteiger charge is 2.09. The molecule has 76 valence electrons. The van der Waals surface area contributed by atoms with Crippen LogP contribution in [0.1, 0.15) is 15.9 Å². The van der Waals surface area contributed by atoms with E-state index in [1.54, 1.807) is 6.07 Å². The van der Waals surface area contributed by atoms with Gasteiger partial charge in [-0.1, -0.05) is 30.3 Å². The number of carbonyl (C=O) groups is 1. The second-order valence-electron chi connectivity index (χ2n) is 3.38. The summed E-state index contributed by atoms with van der Waals surface area (Å²) in [5.41, 5.74) is 12.3. The van der Waals surface area contributed by atoms with Gasteiger partial charge in [-0.2, -0.15) is 0 Å². The number of hydrogen-bond donors (Lipinski definition) is 2. The summed E-state index contributed by atoms with van der Waals surface area (Å²) in [5, 5.41) is 2.07. The Morgan fingerprint density at radius 3 is 2.53 bits per heavy atom. The first-order valence-electron chi connectivity index (χ1n) is 4.74. The Balaban J connectivity index is 2.81. The van der Waals surface area contributed by atoms with E-state index < -0.39 is 5.91 Å². The standard InChI is InChI=1S/C12H12N2O/c13-7-11-9-4-2-1-3-8(9)5-6-10(11)12(14)15/h1-6H,7,13H2,(H2,14,15). The van der Waals surface area contributed by atoms with Crippen LogP contribution in [-0.2, 0) is 6.54 Å². The first-order chi connectivity index (χ1) is 7.24. The van der Waals surface area contributed by atoms with E-state index in [0.717, 1.165) is 16.3 Å². The Bertz CT molecular complexity index is 520. The molecule has 0 atom stereocenters. The smallest absolute Gasteiger partial charge is 0.249 e. The molecule has 0 saturated heterocycles. The van der Waals surface area contributed by atoms with Crippen LogP contribution in [0.3, 0.4) is 0 Å². The van der Waals surface area contributed by atoms with Crippen LogP contribution in [0.15, 0.2) is 36.4 Å². The zero-order valence-electron chi connectivity index (χ0n) is 8.23. The van der Waals surface area contributed by atoms with Crippen LogP contribution >= 0.6 is 0 Å². The van der Waals surface area contributed by atoms with Gasteiger partial charge in [0.2, 0.25) is 5.91 Å². The van der Waals surface area contributed by atoms with Gasteiger partial charge in [-0.15, -0.1) is 0 Å². The third-order valence-corrected chi connectivity index (χ3v) is 2.51. The third kappa shape index (κ3) is 1.57. The van der Waals surface area contributed by atoms with Crippen molar-refractivity contribution in [2.24, 2.45) is 11.5 Å². The molecule has 2 aromatic carbocycles. The van der Waals surface area contributed by atoms with Crippen LogP contribution in [0.25, 0.3) is 10.8 Å². The van der Waals surface area contributed by atoms with E-state index in [0.29, 0.717) is 12.1 Å². The van der Waals surface area contributed by atoms with Gasteiger partial charge in [0.15, 0.2) is 0 Å². The van der Waals surface area contributed by atoms with Gasteiger partial charge in [0, 0.05) is 12.1 Å². The van der Waals surface area contributed by atoms with Crippen LogP contribution in [0.4, 0.5) is 0 Å². The molecule has 0 fully saturated rings. The maximum atomic E-state index is 11.2. The molecule has 2 aromatic rings.